The largest absolute Gasteiger partial charge is 0.315 e. The molecule has 1 atom stereocenters. The van der Waals surface area contributed by atoms with Crippen molar-refractivity contribution in [1.82, 2.24) is 10.2 Å². The molecular formula is C12H26N2. The lowest BCUT2D eigenvalue weighted by atomic mass is 10.0. The minimum atomic E-state index is 0.693. The molecule has 1 N–H and O–H groups in total. The average molecular weight is 198 g/mol. The molecule has 1 rings (SSSR count). The summed E-state index contributed by atoms with van der Waals surface area (Å²) >= 11 is 0. The summed E-state index contributed by atoms with van der Waals surface area (Å²) in [6, 6.07) is 1.44. The molecule has 0 amide bonds. The van der Waals surface area contributed by atoms with E-state index in [0.29, 0.717) is 6.04 Å². The smallest absolute Gasteiger partial charge is 0.0225 e. The van der Waals surface area contributed by atoms with Crippen molar-refractivity contribution in [2.45, 2.75) is 52.6 Å². The molecule has 0 spiro atoms. The van der Waals surface area contributed by atoms with Crippen molar-refractivity contribution >= 4 is 0 Å². The third kappa shape index (κ3) is 3.58. The highest BCUT2D eigenvalue weighted by Crippen LogP contribution is 2.16. The quantitative estimate of drug-likeness (QED) is 0.747. The van der Waals surface area contributed by atoms with Crippen molar-refractivity contribution in [3.8, 4) is 0 Å². The number of nitrogens with one attached hydrogen (secondary N) is 1. The highest BCUT2D eigenvalue weighted by molar-refractivity contribution is 4.80. The van der Waals surface area contributed by atoms with Gasteiger partial charge in [-0.2, -0.15) is 0 Å². The predicted molar refractivity (Wildman–Crippen MR) is 62.6 cm³/mol. The van der Waals surface area contributed by atoms with E-state index in [0.717, 1.165) is 12.0 Å². The van der Waals surface area contributed by atoms with E-state index in [2.05, 4.69) is 37.9 Å². The minimum absolute atomic E-state index is 0.693. The summed E-state index contributed by atoms with van der Waals surface area (Å²) in [5.41, 5.74) is 0. The van der Waals surface area contributed by atoms with E-state index in [1.807, 2.05) is 0 Å². The molecule has 2 heteroatoms. The van der Waals surface area contributed by atoms with E-state index in [-0.39, 0.29) is 0 Å². The van der Waals surface area contributed by atoms with E-state index in [4.69, 9.17) is 0 Å². The van der Waals surface area contributed by atoms with Crippen LogP contribution < -0.4 is 5.32 Å². The van der Waals surface area contributed by atoms with Crippen molar-refractivity contribution < 1.29 is 0 Å². The molecule has 1 aliphatic heterocycles. The number of nitrogens with zero attached hydrogens (tertiary/aromatic N) is 1. The predicted octanol–water partition coefficient (Wildman–Crippen LogP) is 2.10. The first-order valence-electron chi connectivity index (χ1n) is 6.07. The first kappa shape index (κ1) is 12.0. The molecule has 0 aromatic heterocycles. The SMILES string of the molecule is CC(C)CC1CNCCCN1C(C)C. The zero-order valence-electron chi connectivity index (χ0n) is 10.2. The maximum atomic E-state index is 3.55. The van der Waals surface area contributed by atoms with Gasteiger partial charge in [-0.15, -0.1) is 0 Å². The van der Waals surface area contributed by atoms with Gasteiger partial charge in [-0.25, -0.2) is 0 Å². The normalized spacial score (nSPS) is 25.7. The molecule has 0 aromatic rings. The fourth-order valence-electron chi connectivity index (χ4n) is 2.40. The standard InChI is InChI=1S/C12H26N2/c1-10(2)8-12-9-13-6-5-7-14(12)11(3)4/h10-13H,5-9H2,1-4H3. The number of rotatable bonds is 3. The monoisotopic (exact) mass is 198 g/mol. The second-order valence-corrected chi connectivity index (χ2v) is 5.17. The lowest BCUT2D eigenvalue weighted by Crippen LogP contribution is -2.44. The first-order valence-corrected chi connectivity index (χ1v) is 6.07. The van der Waals surface area contributed by atoms with Crippen molar-refractivity contribution in [1.29, 1.82) is 0 Å². The highest BCUT2D eigenvalue weighted by Gasteiger charge is 2.23. The van der Waals surface area contributed by atoms with Gasteiger partial charge in [0.05, 0.1) is 0 Å². The lowest BCUT2D eigenvalue weighted by Gasteiger charge is -2.34. The maximum Gasteiger partial charge on any atom is 0.0225 e. The van der Waals surface area contributed by atoms with Crippen molar-refractivity contribution in [2.75, 3.05) is 19.6 Å². The van der Waals surface area contributed by atoms with Gasteiger partial charge in [-0.1, -0.05) is 13.8 Å². The number of hydrogen-bond donors (Lipinski definition) is 1. The lowest BCUT2D eigenvalue weighted by molar-refractivity contribution is 0.146. The van der Waals surface area contributed by atoms with Gasteiger partial charge in [0, 0.05) is 18.6 Å². The molecule has 0 bridgehead atoms. The minimum Gasteiger partial charge on any atom is -0.315 e. The van der Waals surface area contributed by atoms with Gasteiger partial charge in [0.25, 0.3) is 0 Å². The summed E-state index contributed by atoms with van der Waals surface area (Å²) in [6.45, 7) is 12.9. The van der Waals surface area contributed by atoms with Crippen LogP contribution in [0, 0.1) is 5.92 Å². The Morgan fingerprint density at radius 2 is 2.00 bits per heavy atom. The Kier molecular flexibility index (Phi) is 4.90. The van der Waals surface area contributed by atoms with E-state index in [9.17, 15) is 0 Å². The Hall–Kier alpha value is -0.0800. The zero-order chi connectivity index (χ0) is 10.6. The van der Waals surface area contributed by atoms with Crippen LogP contribution in [-0.4, -0.2) is 36.6 Å². The summed E-state index contributed by atoms with van der Waals surface area (Å²) < 4.78 is 0. The van der Waals surface area contributed by atoms with Crippen molar-refractivity contribution in [3.05, 3.63) is 0 Å². The summed E-state index contributed by atoms with van der Waals surface area (Å²) in [4.78, 5) is 2.67. The average Bonchev–Trinajstić information content (AvgIpc) is 2.28. The number of hydrogen-bond acceptors (Lipinski definition) is 2. The molecule has 0 aromatic carbocycles. The van der Waals surface area contributed by atoms with Crippen LogP contribution in [0.15, 0.2) is 0 Å². The van der Waals surface area contributed by atoms with Crippen LogP contribution in [0.25, 0.3) is 0 Å². The second-order valence-electron chi connectivity index (χ2n) is 5.17. The third-order valence-electron chi connectivity index (χ3n) is 3.03. The van der Waals surface area contributed by atoms with Gasteiger partial charge < -0.3 is 5.32 Å². The summed E-state index contributed by atoms with van der Waals surface area (Å²) in [5.74, 6) is 0.807. The van der Waals surface area contributed by atoms with Crippen LogP contribution in [-0.2, 0) is 0 Å². The van der Waals surface area contributed by atoms with Crippen LogP contribution in [0.4, 0.5) is 0 Å². The Bertz CT molecular complexity index is 154. The van der Waals surface area contributed by atoms with Crippen LogP contribution >= 0.6 is 0 Å². The van der Waals surface area contributed by atoms with Crippen molar-refractivity contribution in [2.24, 2.45) is 5.92 Å². The first-order chi connectivity index (χ1) is 6.61. The molecule has 1 unspecified atom stereocenters. The van der Waals surface area contributed by atoms with Crippen molar-refractivity contribution in [3.63, 3.8) is 0 Å². The molecule has 14 heavy (non-hydrogen) atoms. The fourth-order valence-corrected chi connectivity index (χ4v) is 2.40. The molecule has 0 saturated carbocycles. The molecule has 0 aliphatic carbocycles. The molecule has 1 heterocycles. The Balaban J connectivity index is 2.54. The van der Waals surface area contributed by atoms with Gasteiger partial charge in [-0.05, 0) is 45.7 Å². The van der Waals surface area contributed by atoms with Crippen LogP contribution in [0.2, 0.25) is 0 Å². The summed E-state index contributed by atoms with van der Waals surface area (Å²) in [6.07, 6.45) is 2.62. The van der Waals surface area contributed by atoms with Gasteiger partial charge in [-0.3, -0.25) is 4.90 Å². The molecular weight excluding hydrogens is 172 g/mol. The van der Waals surface area contributed by atoms with E-state index >= 15 is 0 Å². The van der Waals surface area contributed by atoms with E-state index in [1.54, 1.807) is 0 Å². The molecule has 84 valence electrons. The Morgan fingerprint density at radius 3 is 2.57 bits per heavy atom. The van der Waals surface area contributed by atoms with Gasteiger partial charge in [0.2, 0.25) is 0 Å². The molecule has 1 saturated heterocycles. The summed E-state index contributed by atoms with van der Waals surface area (Å²) in [5, 5.41) is 3.55. The maximum absolute atomic E-state index is 3.55. The van der Waals surface area contributed by atoms with Gasteiger partial charge in [0.15, 0.2) is 0 Å². The molecule has 0 radical (unpaired) electrons. The van der Waals surface area contributed by atoms with Crippen LogP contribution in [0.3, 0.4) is 0 Å². The Labute approximate surface area is 89.1 Å². The topological polar surface area (TPSA) is 15.3 Å². The third-order valence-corrected chi connectivity index (χ3v) is 3.03. The molecule has 1 aliphatic rings. The van der Waals surface area contributed by atoms with Crippen LogP contribution in [0.5, 0.6) is 0 Å². The van der Waals surface area contributed by atoms with E-state index < -0.39 is 0 Å². The molecule has 1 fully saturated rings. The Morgan fingerprint density at radius 1 is 1.29 bits per heavy atom. The van der Waals surface area contributed by atoms with Gasteiger partial charge in [0.1, 0.15) is 0 Å². The molecule has 2 nitrogen and oxygen atoms in total. The fraction of sp³-hybridized carbons (Fsp3) is 1.00. The summed E-state index contributed by atoms with van der Waals surface area (Å²) in [7, 11) is 0. The highest BCUT2D eigenvalue weighted by atomic mass is 15.2. The zero-order valence-corrected chi connectivity index (χ0v) is 10.2. The second kappa shape index (κ2) is 5.72. The van der Waals surface area contributed by atoms with Crippen LogP contribution in [0.1, 0.15) is 40.5 Å². The van der Waals surface area contributed by atoms with Gasteiger partial charge >= 0.3 is 0 Å². The van der Waals surface area contributed by atoms with E-state index in [1.165, 1.54) is 32.5 Å².